The molecule has 0 amide bonds. The van der Waals surface area contributed by atoms with Gasteiger partial charge in [0.25, 0.3) is 0 Å². The predicted octanol–water partition coefficient (Wildman–Crippen LogP) is 2.29. The van der Waals surface area contributed by atoms with Crippen molar-refractivity contribution in [1.82, 2.24) is 10.1 Å². The Kier molecular flexibility index (Phi) is 3.79. The molecule has 2 N–H and O–H groups in total. The normalized spacial score (nSPS) is 26.3. The third-order valence-corrected chi connectivity index (χ3v) is 3.32. The van der Waals surface area contributed by atoms with Crippen molar-refractivity contribution in [3.05, 3.63) is 11.7 Å². The van der Waals surface area contributed by atoms with Gasteiger partial charge in [-0.1, -0.05) is 24.9 Å². The molecule has 5 heteroatoms. The van der Waals surface area contributed by atoms with Gasteiger partial charge in [0, 0.05) is 6.61 Å². The van der Waals surface area contributed by atoms with E-state index in [1.54, 1.807) is 0 Å². The van der Waals surface area contributed by atoms with Crippen LogP contribution in [0.15, 0.2) is 4.52 Å². The Balaban J connectivity index is 2.05. The van der Waals surface area contributed by atoms with E-state index in [0.717, 1.165) is 38.7 Å². The maximum atomic E-state index is 6.00. The summed E-state index contributed by atoms with van der Waals surface area (Å²) in [5, 5.41) is 4.01. The van der Waals surface area contributed by atoms with Gasteiger partial charge in [0.2, 0.25) is 11.7 Å². The van der Waals surface area contributed by atoms with Gasteiger partial charge in [0.05, 0.1) is 6.04 Å². The molecule has 1 aliphatic heterocycles. The zero-order valence-electron chi connectivity index (χ0n) is 10.6. The molecular weight excluding hydrogens is 218 g/mol. The second-order valence-corrected chi connectivity index (χ2v) is 4.89. The van der Waals surface area contributed by atoms with Crippen LogP contribution in [0.4, 0.5) is 0 Å². The van der Waals surface area contributed by atoms with Crippen molar-refractivity contribution in [3.8, 4) is 0 Å². The molecular formula is C12H21N3O2. The summed E-state index contributed by atoms with van der Waals surface area (Å²) in [5.41, 5.74) is 5.62. The number of nitrogens with zero attached hydrogens (tertiary/aromatic N) is 2. The molecule has 0 spiro atoms. The van der Waals surface area contributed by atoms with E-state index in [-0.39, 0.29) is 11.6 Å². The Labute approximate surface area is 102 Å². The molecule has 0 saturated carbocycles. The molecule has 0 radical (unpaired) electrons. The van der Waals surface area contributed by atoms with Crippen LogP contribution in [0.1, 0.15) is 63.7 Å². The van der Waals surface area contributed by atoms with E-state index in [9.17, 15) is 0 Å². The van der Waals surface area contributed by atoms with Crippen molar-refractivity contribution in [3.63, 3.8) is 0 Å². The Hall–Kier alpha value is -0.940. The number of hydrogen-bond acceptors (Lipinski definition) is 5. The molecule has 5 nitrogen and oxygen atoms in total. The summed E-state index contributed by atoms with van der Waals surface area (Å²) in [6.07, 6.45) is 5.07. The van der Waals surface area contributed by atoms with E-state index in [2.05, 4.69) is 17.1 Å². The van der Waals surface area contributed by atoms with Crippen LogP contribution in [-0.2, 0) is 10.3 Å². The lowest BCUT2D eigenvalue weighted by Gasteiger charge is -2.17. The zero-order valence-corrected chi connectivity index (χ0v) is 10.6. The second-order valence-electron chi connectivity index (χ2n) is 4.89. The van der Waals surface area contributed by atoms with Crippen LogP contribution in [-0.4, -0.2) is 16.7 Å². The Morgan fingerprint density at radius 3 is 3.00 bits per heavy atom. The topological polar surface area (TPSA) is 74.2 Å². The highest BCUT2D eigenvalue weighted by Crippen LogP contribution is 2.34. The third-order valence-electron chi connectivity index (χ3n) is 3.32. The maximum Gasteiger partial charge on any atom is 0.243 e. The average Bonchev–Trinajstić information content (AvgIpc) is 2.95. The fourth-order valence-electron chi connectivity index (χ4n) is 2.10. The smallest absolute Gasteiger partial charge is 0.243 e. The fraction of sp³-hybridized carbons (Fsp3) is 0.833. The van der Waals surface area contributed by atoms with Crippen molar-refractivity contribution in [2.24, 2.45) is 5.73 Å². The van der Waals surface area contributed by atoms with E-state index < -0.39 is 0 Å². The monoisotopic (exact) mass is 239 g/mol. The molecule has 2 rings (SSSR count). The minimum atomic E-state index is -0.383. The first-order chi connectivity index (χ1) is 8.15. The minimum Gasteiger partial charge on any atom is -0.367 e. The van der Waals surface area contributed by atoms with Gasteiger partial charge in [-0.15, -0.1) is 0 Å². The standard InChI is InChI=1S/C12H21N3O2/c1-3-4-6-9(13)10-14-11(15-17-10)12(2)7-5-8-16-12/h9H,3-8,13H2,1-2H3/t9-,12?/m0/s1. The molecule has 1 unspecified atom stereocenters. The second kappa shape index (κ2) is 5.14. The van der Waals surface area contributed by atoms with Crippen LogP contribution in [0.3, 0.4) is 0 Å². The Morgan fingerprint density at radius 2 is 2.35 bits per heavy atom. The number of rotatable bonds is 5. The lowest BCUT2D eigenvalue weighted by molar-refractivity contribution is 0.00768. The van der Waals surface area contributed by atoms with Gasteiger partial charge < -0.3 is 15.0 Å². The summed E-state index contributed by atoms with van der Waals surface area (Å²) >= 11 is 0. The van der Waals surface area contributed by atoms with Crippen LogP contribution in [0.25, 0.3) is 0 Å². The van der Waals surface area contributed by atoms with Gasteiger partial charge in [-0.05, 0) is 26.2 Å². The van der Waals surface area contributed by atoms with Gasteiger partial charge >= 0.3 is 0 Å². The molecule has 1 saturated heterocycles. The van der Waals surface area contributed by atoms with E-state index in [0.29, 0.717) is 11.7 Å². The van der Waals surface area contributed by atoms with E-state index in [4.69, 9.17) is 15.0 Å². The summed E-state index contributed by atoms with van der Waals surface area (Å²) in [5.74, 6) is 1.17. The zero-order chi connectivity index (χ0) is 12.3. The largest absolute Gasteiger partial charge is 0.367 e. The van der Waals surface area contributed by atoms with Crippen LogP contribution in [0.5, 0.6) is 0 Å². The minimum absolute atomic E-state index is 0.152. The van der Waals surface area contributed by atoms with Crippen LogP contribution >= 0.6 is 0 Å². The molecule has 1 aromatic heterocycles. The van der Waals surface area contributed by atoms with E-state index >= 15 is 0 Å². The first kappa shape index (κ1) is 12.5. The summed E-state index contributed by atoms with van der Waals surface area (Å²) in [6, 6.07) is -0.152. The van der Waals surface area contributed by atoms with E-state index in [1.807, 2.05) is 6.92 Å². The van der Waals surface area contributed by atoms with Crippen molar-refractivity contribution >= 4 is 0 Å². The SMILES string of the molecule is CCCC[C@H](N)c1nc(C2(C)CCCO2)no1. The summed E-state index contributed by atoms with van der Waals surface area (Å²) in [4.78, 5) is 4.39. The lowest BCUT2D eigenvalue weighted by Crippen LogP contribution is -2.22. The van der Waals surface area contributed by atoms with Crippen molar-refractivity contribution in [2.45, 2.75) is 57.6 Å². The molecule has 0 aromatic carbocycles. The molecule has 0 bridgehead atoms. The van der Waals surface area contributed by atoms with Gasteiger partial charge in [0.15, 0.2) is 0 Å². The molecule has 1 fully saturated rings. The van der Waals surface area contributed by atoms with E-state index in [1.165, 1.54) is 0 Å². The van der Waals surface area contributed by atoms with Crippen molar-refractivity contribution < 1.29 is 9.26 Å². The molecule has 2 heterocycles. The Bertz CT molecular complexity index is 358. The molecule has 2 atom stereocenters. The summed E-state index contributed by atoms with van der Waals surface area (Å²) in [7, 11) is 0. The fourth-order valence-corrected chi connectivity index (χ4v) is 2.10. The van der Waals surface area contributed by atoms with Crippen LogP contribution in [0.2, 0.25) is 0 Å². The number of unbranched alkanes of at least 4 members (excludes halogenated alkanes) is 1. The highest BCUT2D eigenvalue weighted by Gasteiger charge is 2.37. The lowest BCUT2D eigenvalue weighted by atomic mass is 10.0. The number of nitrogens with two attached hydrogens (primary N) is 1. The first-order valence-electron chi connectivity index (χ1n) is 6.39. The maximum absolute atomic E-state index is 6.00. The first-order valence-corrected chi connectivity index (χ1v) is 6.39. The number of hydrogen-bond donors (Lipinski definition) is 1. The van der Waals surface area contributed by atoms with Gasteiger partial charge in [-0.3, -0.25) is 0 Å². The van der Waals surface area contributed by atoms with Gasteiger partial charge in [-0.2, -0.15) is 4.98 Å². The molecule has 1 aliphatic rings. The predicted molar refractivity (Wildman–Crippen MR) is 63.3 cm³/mol. The Morgan fingerprint density at radius 1 is 1.53 bits per heavy atom. The third kappa shape index (κ3) is 2.66. The quantitative estimate of drug-likeness (QED) is 0.853. The molecule has 1 aromatic rings. The molecule has 96 valence electrons. The average molecular weight is 239 g/mol. The number of ether oxygens (including phenoxy) is 1. The van der Waals surface area contributed by atoms with Crippen molar-refractivity contribution in [2.75, 3.05) is 6.61 Å². The highest BCUT2D eigenvalue weighted by atomic mass is 16.5. The van der Waals surface area contributed by atoms with Gasteiger partial charge in [-0.25, -0.2) is 0 Å². The van der Waals surface area contributed by atoms with Crippen molar-refractivity contribution in [1.29, 1.82) is 0 Å². The van der Waals surface area contributed by atoms with Crippen LogP contribution in [0, 0.1) is 0 Å². The highest BCUT2D eigenvalue weighted by molar-refractivity contribution is 5.03. The molecule has 0 aliphatic carbocycles. The summed E-state index contributed by atoms with van der Waals surface area (Å²) in [6.45, 7) is 4.91. The number of aromatic nitrogens is 2. The van der Waals surface area contributed by atoms with Gasteiger partial charge in [0.1, 0.15) is 5.60 Å². The van der Waals surface area contributed by atoms with Crippen LogP contribution < -0.4 is 5.73 Å². The summed E-state index contributed by atoms with van der Waals surface area (Å²) < 4.78 is 10.9. The molecule has 17 heavy (non-hydrogen) atoms.